The highest BCUT2D eigenvalue weighted by Crippen LogP contribution is 2.28. The largest absolute Gasteiger partial charge is 0.395 e. The van der Waals surface area contributed by atoms with Gasteiger partial charge >= 0.3 is 0 Å². The standard InChI is InChI=1S/C11H20N4OS/c1-2-5-12-11-14-13-10(17-11)8-15(6-7-16)9-3-4-9/h9,16H,2-8H2,1H3,(H,12,14). The van der Waals surface area contributed by atoms with Crippen LogP contribution in [0.25, 0.3) is 0 Å². The van der Waals surface area contributed by atoms with Gasteiger partial charge in [-0.05, 0) is 19.3 Å². The molecule has 1 aromatic rings. The van der Waals surface area contributed by atoms with Gasteiger partial charge < -0.3 is 10.4 Å². The molecule has 17 heavy (non-hydrogen) atoms. The molecule has 1 aromatic heterocycles. The first-order chi connectivity index (χ1) is 8.33. The third kappa shape index (κ3) is 3.90. The van der Waals surface area contributed by atoms with Crippen LogP contribution < -0.4 is 5.32 Å². The van der Waals surface area contributed by atoms with Gasteiger partial charge in [-0.25, -0.2) is 0 Å². The fourth-order valence-corrected chi connectivity index (χ4v) is 2.54. The van der Waals surface area contributed by atoms with Crippen molar-refractivity contribution < 1.29 is 5.11 Å². The second kappa shape index (κ2) is 6.28. The molecule has 0 atom stereocenters. The molecule has 2 N–H and O–H groups in total. The van der Waals surface area contributed by atoms with Gasteiger partial charge in [0.15, 0.2) is 0 Å². The second-order valence-corrected chi connectivity index (χ2v) is 5.42. The van der Waals surface area contributed by atoms with Crippen molar-refractivity contribution in [3.63, 3.8) is 0 Å². The van der Waals surface area contributed by atoms with E-state index in [9.17, 15) is 0 Å². The lowest BCUT2D eigenvalue weighted by molar-refractivity contribution is 0.183. The highest BCUT2D eigenvalue weighted by atomic mass is 32.1. The Bertz CT molecular complexity index is 340. The fraction of sp³-hybridized carbons (Fsp3) is 0.818. The number of hydrogen-bond donors (Lipinski definition) is 2. The summed E-state index contributed by atoms with van der Waals surface area (Å²) in [5.74, 6) is 0. The molecule has 1 heterocycles. The molecule has 0 amide bonds. The maximum Gasteiger partial charge on any atom is 0.205 e. The van der Waals surface area contributed by atoms with Crippen LogP contribution in [0.5, 0.6) is 0 Å². The molecule has 1 aliphatic rings. The predicted octanol–water partition coefficient (Wildman–Crippen LogP) is 1.32. The zero-order chi connectivity index (χ0) is 12.1. The SMILES string of the molecule is CCCNc1nnc(CN(CCO)C2CC2)s1. The van der Waals surface area contributed by atoms with Crippen LogP contribution in [0.3, 0.4) is 0 Å². The number of nitrogens with zero attached hydrogens (tertiary/aromatic N) is 3. The van der Waals surface area contributed by atoms with Gasteiger partial charge in [0.2, 0.25) is 5.13 Å². The molecular formula is C11H20N4OS. The Balaban J connectivity index is 1.85. The quantitative estimate of drug-likeness (QED) is 0.734. The van der Waals surface area contributed by atoms with Gasteiger partial charge in [0.1, 0.15) is 5.01 Å². The van der Waals surface area contributed by atoms with Crippen molar-refractivity contribution in [1.29, 1.82) is 0 Å². The molecule has 0 spiro atoms. The van der Waals surface area contributed by atoms with E-state index in [0.717, 1.165) is 36.2 Å². The average Bonchev–Trinajstić information content (AvgIpc) is 3.08. The molecule has 0 bridgehead atoms. The first-order valence-electron chi connectivity index (χ1n) is 6.24. The molecule has 96 valence electrons. The Morgan fingerprint density at radius 2 is 2.29 bits per heavy atom. The molecule has 0 aromatic carbocycles. The van der Waals surface area contributed by atoms with E-state index < -0.39 is 0 Å². The average molecular weight is 256 g/mol. The van der Waals surface area contributed by atoms with Gasteiger partial charge in [0.05, 0.1) is 13.2 Å². The molecule has 0 saturated heterocycles. The highest BCUT2D eigenvalue weighted by Gasteiger charge is 2.29. The van der Waals surface area contributed by atoms with Crippen molar-refractivity contribution in [2.45, 2.75) is 38.8 Å². The summed E-state index contributed by atoms with van der Waals surface area (Å²) in [7, 11) is 0. The molecule has 1 aliphatic carbocycles. The summed E-state index contributed by atoms with van der Waals surface area (Å²) >= 11 is 1.62. The maximum atomic E-state index is 9.03. The summed E-state index contributed by atoms with van der Waals surface area (Å²) in [4.78, 5) is 2.30. The van der Waals surface area contributed by atoms with Crippen LogP contribution in [-0.2, 0) is 6.54 Å². The van der Waals surface area contributed by atoms with Crippen LogP contribution >= 0.6 is 11.3 Å². The van der Waals surface area contributed by atoms with Crippen LogP contribution in [-0.4, -0.2) is 45.9 Å². The van der Waals surface area contributed by atoms with E-state index in [-0.39, 0.29) is 6.61 Å². The Morgan fingerprint density at radius 3 is 2.94 bits per heavy atom. The number of aliphatic hydroxyl groups is 1. The summed E-state index contributed by atoms with van der Waals surface area (Å²) in [5, 5.41) is 22.5. The molecule has 0 aliphatic heterocycles. The minimum absolute atomic E-state index is 0.218. The van der Waals surface area contributed by atoms with E-state index in [1.165, 1.54) is 12.8 Å². The van der Waals surface area contributed by atoms with Gasteiger partial charge in [-0.15, -0.1) is 10.2 Å². The van der Waals surface area contributed by atoms with Crippen molar-refractivity contribution in [3.8, 4) is 0 Å². The molecule has 2 rings (SSSR count). The lowest BCUT2D eigenvalue weighted by Crippen LogP contribution is -2.28. The van der Waals surface area contributed by atoms with Gasteiger partial charge in [0.25, 0.3) is 0 Å². The second-order valence-electron chi connectivity index (χ2n) is 4.35. The normalized spacial score (nSPS) is 15.5. The number of aromatic nitrogens is 2. The predicted molar refractivity (Wildman–Crippen MR) is 69.2 cm³/mol. The van der Waals surface area contributed by atoms with E-state index >= 15 is 0 Å². The molecule has 0 unspecified atom stereocenters. The minimum Gasteiger partial charge on any atom is -0.395 e. The van der Waals surface area contributed by atoms with Crippen molar-refractivity contribution in [3.05, 3.63) is 5.01 Å². The number of anilines is 1. The Kier molecular flexibility index (Phi) is 4.70. The van der Waals surface area contributed by atoms with E-state index in [4.69, 9.17) is 5.11 Å². The number of rotatable bonds is 8. The lowest BCUT2D eigenvalue weighted by Gasteiger charge is -2.18. The zero-order valence-electron chi connectivity index (χ0n) is 10.2. The van der Waals surface area contributed by atoms with Gasteiger partial charge in [-0.2, -0.15) is 0 Å². The van der Waals surface area contributed by atoms with E-state index in [2.05, 4.69) is 27.3 Å². The van der Waals surface area contributed by atoms with Crippen molar-refractivity contribution in [2.24, 2.45) is 0 Å². The van der Waals surface area contributed by atoms with Crippen LogP contribution in [0.1, 0.15) is 31.2 Å². The number of hydrogen-bond acceptors (Lipinski definition) is 6. The molecule has 6 heteroatoms. The summed E-state index contributed by atoms with van der Waals surface area (Å²) in [5.41, 5.74) is 0. The van der Waals surface area contributed by atoms with Gasteiger partial charge in [-0.3, -0.25) is 4.90 Å². The molecule has 5 nitrogen and oxygen atoms in total. The van der Waals surface area contributed by atoms with E-state index in [1.54, 1.807) is 11.3 Å². The summed E-state index contributed by atoms with van der Waals surface area (Å²) in [6.07, 6.45) is 3.59. The first kappa shape index (κ1) is 12.7. The minimum atomic E-state index is 0.218. The topological polar surface area (TPSA) is 61.3 Å². The Morgan fingerprint density at radius 1 is 1.47 bits per heavy atom. The van der Waals surface area contributed by atoms with Crippen molar-refractivity contribution >= 4 is 16.5 Å². The van der Waals surface area contributed by atoms with Gasteiger partial charge in [0, 0.05) is 19.1 Å². The zero-order valence-corrected chi connectivity index (χ0v) is 11.0. The van der Waals surface area contributed by atoms with E-state index in [1.807, 2.05) is 0 Å². The van der Waals surface area contributed by atoms with Gasteiger partial charge in [-0.1, -0.05) is 18.3 Å². The van der Waals surface area contributed by atoms with Crippen molar-refractivity contribution in [1.82, 2.24) is 15.1 Å². The number of nitrogens with one attached hydrogen (secondary N) is 1. The summed E-state index contributed by atoms with van der Waals surface area (Å²) in [6, 6.07) is 0.651. The van der Waals surface area contributed by atoms with Crippen LogP contribution in [0.4, 0.5) is 5.13 Å². The lowest BCUT2D eigenvalue weighted by atomic mass is 10.4. The third-order valence-corrected chi connectivity index (χ3v) is 3.65. The molecular weight excluding hydrogens is 236 g/mol. The maximum absolute atomic E-state index is 9.03. The van der Waals surface area contributed by atoms with Crippen molar-refractivity contribution in [2.75, 3.05) is 25.0 Å². The third-order valence-electron chi connectivity index (χ3n) is 2.78. The monoisotopic (exact) mass is 256 g/mol. The van der Waals surface area contributed by atoms with Crippen LogP contribution in [0.15, 0.2) is 0 Å². The summed E-state index contributed by atoms with van der Waals surface area (Å²) < 4.78 is 0. The van der Waals surface area contributed by atoms with Crippen LogP contribution in [0, 0.1) is 0 Å². The van der Waals surface area contributed by atoms with E-state index in [0.29, 0.717) is 6.04 Å². The highest BCUT2D eigenvalue weighted by molar-refractivity contribution is 7.15. The summed E-state index contributed by atoms with van der Waals surface area (Å²) in [6.45, 7) is 4.84. The number of aliphatic hydroxyl groups excluding tert-OH is 1. The Labute approximate surface area is 106 Å². The molecule has 1 fully saturated rings. The van der Waals surface area contributed by atoms with Crippen LogP contribution in [0.2, 0.25) is 0 Å². The molecule has 1 saturated carbocycles. The fourth-order valence-electron chi connectivity index (χ4n) is 1.75. The smallest absolute Gasteiger partial charge is 0.205 e. The first-order valence-corrected chi connectivity index (χ1v) is 7.06. The molecule has 0 radical (unpaired) electrons. The Hall–Kier alpha value is -0.720.